The third kappa shape index (κ3) is 5.46. The van der Waals surface area contributed by atoms with Crippen molar-refractivity contribution >= 4 is 11.4 Å². The second kappa shape index (κ2) is 8.48. The number of nitrogens with zero attached hydrogens (tertiary/aromatic N) is 2. The summed E-state index contributed by atoms with van der Waals surface area (Å²) in [5.74, 6) is 1.49. The van der Waals surface area contributed by atoms with Crippen molar-refractivity contribution in [2.75, 3.05) is 19.8 Å². The Labute approximate surface area is 147 Å². The summed E-state index contributed by atoms with van der Waals surface area (Å²) in [6, 6.07) is 14.0. The second-order valence-corrected chi connectivity index (χ2v) is 5.83. The minimum Gasteiger partial charge on any atom is -0.594 e. The van der Waals surface area contributed by atoms with E-state index in [4.69, 9.17) is 14.2 Å². The zero-order chi connectivity index (χ0) is 17.5. The Morgan fingerprint density at radius 1 is 1.08 bits per heavy atom. The summed E-state index contributed by atoms with van der Waals surface area (Å²) in [4.78, 5) is 0.598. The highest BCUT2D eigenvalue weighted by molar-refractivity contribution is 5.41. The molecule has 1 atom stereocenters. The summed E-state index contributed by atoms with van der Waals surface area (Å²) in [6.45, 7) is 4.11. The van der Waals surface area contributed by atoms with Gasteiger partial charge in [-0.15, -0.1) is 0 Å². The van der Waals surface area contributed by atoms with E-state index in [2.05, 4.69) is 12.0 Å². The summed E-state index contributed by atoms with van der Waals surface area (Å²) >= 11 is 0. The molecular formula is C19H22N2O4. The van der Waals surface area contributed by atoms with Crippen molar-refractivity contribution in [2.45, 2.75) is 25.9 Å². The van der Waals surface area contributed by atoms with Crippen LogP contribution in [0.1, 0.15) is 19.8 Å². The summed E-state index contributed by atoms with van der Waals surface area (Å²) in [6.07, 6.45) is 2.32. The van der Waals surface area contributed by atoms with Crippen LogP contribution in [0.5, 0.6) is 11.5 Å². The molecule has 2 aromatic rings. The fourth-order valence-corrected chi connectivity index (χ4v) is 2.13. The van der Waals surface area contributed by atoms with Gasteiger partial charge in [-0.25, -0.2) is 0 Å². The first-order chi connectivity index (χ1) is 12.2. The van der Waals surface area contributed by atoms with Crippen LogP contribution in [0.4, 0.5) is 11.4 Å². The number of rotatable bonds is 9. The molecule has 0 saturated carbocycles. The van der Waals surface area contributed by atoms with Crippen molar-refractivity contribution in [1.82, 2.24) is 0 Å². The number of epoxide rings is 1. The van der Waals surface area contributed by atoms with Gasteiger partial charge in [0, 0.05) is 17.2 Å². The first-order valence-corrected chi connectivity index (χ1v) is 8.51. The van der Waals surface area contributed by atoms with Crippen molar-refractivity contribution in [3.05, 3.63) is 53.7 Å². The van der Waals surface area contributed by atoms with E-state index < -0.39 is 0 Å². The number of hydrogen-bond acceptors (Lipinski definition) is 5. The molecule has 0 spiro atoms. The van der Waals surface area contributed by atoms with E-state index in [1.165, 1.54) is 0 Å². The minimum atomic E-state index is 0.208. The highest BCUT2D eigenvalue weighted by Crippen LogP contribution is 2.23. The van der Waals surface area contributed by atoms with Crippen molar-refractivity contribution in [1.29, 1.82) is 0 Å². The van der Waals surface area contributed by atoms with Gasteiger partial charge in [-0.3, -0.25) is 0 Å². The summed E-state index contributed by atoms with van der Waals surface area (Å²) in [7, 11) is 0. The molecule has 0 aromatic heterocycles. The van der Waals surface area contributed by atoms with Crippen LogP contribution in [0.25, 0.3) is 0 Å². The van der Waals surface area contributed by atoms with E-state index in [1.807, 2.05) is 12.1 Å². The maximum atomic E-state index is 12.2. The molecule has 0 radical (unpaired) electrons. The smallest absolute Gasteiger partial charge is 0.245 e. The lowest BCUT2D eigenvalue weighted by Gasteiger charge is -2.05. The maximum Gasteiger partial charge on any atom is 0.245 e. The molecule has 0 aliphatic carbocycles. The van der Waals surface area contributed by atoms with Crippen LogP contribution < -0.4 is 9.47 Å². The fourth-order valence-electron chi connectivity index (χ4n) is 2.13. The molecule has 0 amide bonds. The molecule has 25 heavy (non-hydrogen) atoms. The standard InChI is InChI=1S/C19H22N2O4/c1-2-3-12-23-17-8-4-15(5-9-17)20-21(22)16-6-10-18(11-7-16)24-13-19-14-25-19/h4-11,19H,2-3,12-14H2,1H3. The number of azo groups is 1. The Morgan fingerprint density at radius 2 is 1.72 bits per heavy atom. The molecule has 0 bridgehead atoms. The molecule has 6 heteroatoms. The molecule has 2 aromatic carbocycles. The van der Waals surface area contributed by atoms with Gasteiger partial charge >= 0.3 is 0 Å². The van der Waals surface area contributed by atoms with Crippen molar-refractivity contribution in [3.63, 3.8) is 0 Å². The van der Waals surface area contributed by atoms with E-state index in [0.717, 1.165) is 25.2 Å². The van der Waals surface area contributed by atoms with Gasteiger partial charge in [0.1, 0.15) is 29.9 Å². The summed E-state index contributed by atoms with van der Waals surface area (Å²) in [5.41, 5.74) is 1.02. The van der Waals surface area contributed by atoms with Crippen LogP contribution >= 0.6 is 0 Å². The molecule has 3 rings (SSSR count). The molecule has 1 aliphatic heterocycles. The second-order valence-electron chi connectivity index (χ2n) is 5.83. The Hall–Kier alpha value is -2.60. The Kier molecular flexibility index (Phi) is 5.85. The monoisotopic (exact) mass is 342 g/mol. The Bertz CT molecular complexity index is 694. The Balaban J connectivity index is 1.57. The van der Waals surface area contributed by atoms with E-state index in [-0.39, 0.29) is 6.10 Å². The van der Waals surface area contributed by atoms with E-state index in [0.29, 0.717) is 35.2 Å². The van der Waals surface area contributed by atoms with Crippen LogP contribution in [0.3, 0.4) is 0 Å². The molecule has 1 fully saturated rings. The van der Waals surface area contributed by atoms with Crippen LogP contribution in [0.15, 0.2) is 53.6 Å². The molecule has 6 nitrogen and oxygen atoms in total. The lowest BCUT2D eigenvalue weighted by atomic mass is 10.3. The Morgan fingerprint density at radius 3 is 2.36 bits per heavy atom. The SMILES string of the molecule is CCCCOc1ccc(N=[N+]([O-])c2ccc(OCC3CO3)cc2)cc1. The van der Waals surface area contributed by atoms with E-state index >= 15 is 0 Å². The topological polar surface area (TPSA) is 69.4 Å². The number of ether oxygens (including phenoxy) is 3. The van der Waals surface area contributed by atoms with Gasteiger partial charge in [-0.05, 0) is 42.8 Å². The predicted molar refractivity (Wildman–Crippen MR) is 93.9 cm³/mol. The predicted octanol–water partition coefficient (Wildman–Crippen LogP) is 4.57. The average molecular weight is 342 g/mol. The van der Waals surface area contributed by atoms with Crippen LogP contribution in [0.2, 0.25) is 0 Å². The van der Waals surface area contributed by atoms with Crippen molar-refractivity contribution < 1.29 is 19.1 Å². The molecule has 1 aliphatic rings. The number of unbranched alkanes of at least 4 members (excludes halogenated alkanes) is 1. The molecule has 1 saturated heterocycles. The largest absolute Gasteiger partial charge is 0.594 e. The van der Waals surface area contributed by atoms with Gasteiger partial charge in [-0.1, -0.05) is 18.2 Å². The van der Waals surface area contributed by atoms with Gasteiger partial charge in [-0.2, -0.15) is 0 Å². The van der Waals surface area contributed by atoms with Gasteiger partial charge in [0.25, 0.3) is 0 Å². The molecule has 132 valence electrons. The fraction of sp³-hybridized carbons (Fsp3) is 0.368. The molecular weight excluding hydrogens is 320 g/mol. The highest BCUT2D eigenvalue weighted by Gasteiger charge is 2.23. The first-order valence-electron chi connectivity index (χ1n) is 8.51. The van der Waals surface area contributed by atoms with Gasteiger partial charge in [0.2, 0.25) is 5.69 Å². The van der Waals surface area contributed by atoms with Gasteiger partial charge in [0.15, 0.2) is 0 Å². The third-order valence-electron chi connectivity index (χ3n) is 3.71. The van der Waals surface area contributed by atoms with Crippen LogP contribution in [-0.4, -0.2) is 30.8 Å². The van der Waals surface area contributed by atoms with Gasteiger partial charge < -0.3 is 19.4 Å². The zero-order valence-corrected chi connectivity index (χ0v) is 14.3. The normalized spacial score (nSPS) is 16.5. The molecule has 1 unspecified atom stereocenters. The van der Waals surface area contributed by atoms with E-state index in [9.17, 15) is 5.21 Å². The van der Waals surface area contributed by atoms with Crippen LogP contribution in [-0.2, 0) is 4.74 Å². The number of hydrogen-bond donors (Lipinski definition) is 0. The summed E-state index contributed by atoms with van der Waals surface area (Å²) < 4.78 is 16.2. The highest BCUT2D eigenvalue weighted by atomic mass is 16.6. The average Bonchev–Trinajstić information content (AvgIpc) is 3.46. The molecule has 0 N–H and O–H groups in total. The lowest BCUT2D eigenvalue weighted by molar-refractivity contribution is -0.435. The third-order valence-corrected chi connectivity index (χ3v) is 3.71. The number of benzene rings is 2. The van der Waals surface area contributed by atoms with E-state index in [1.54, 1.807) is 36.4 Å². The van der Waals surface area contributed by atoms with Gasteiger partial charge in [0.05, 0.1) is 13.2 Å². The van der Waals surface area contributed by atoms with Crippen molar-refractivity contribution in [3.8, 4) is 11.5 Å². The van der Waals surface area contributed by atoms with Crippen molar-refractivity contribution in [2.24, 2.45) is 5.11 Å². The van der Waals surface area contributed by atoms with Crippen LogP contribution in [0, 0.1) is 5.21 Å². The summed E-state index contributed by atoms with van der Waals surface area (Å²) in [5, 5.41) is 16.2. The minimum absolute atomic E-state index is 0.208. The first kappa shape index (κ1) is 17.2. The molecule has 1 heterocycles. The maximum absolute atomic E-state index is 12.2. The quantitative estimate of drug-likeness (QED) is 0.220. The lowest BCUT2D eigenvalue weighted by Crippen LogP contribution is -2.03. The zero-order valence-electron chi connectivity index (χ0n) is 14.3.